The summed E-state index contributed by atoms with van der Waals surface area (Å²) in [5, 5.41) is 8.06. The average molecular weight is 239 g/mol. The molecule has 4 heteroatoms. The molecule has 1 aromatic heterocycles. The zero-order chi connectivity index (χ0) is 13.2. The van der Waals surface area contributed by atoms with Crippen LogP contribution >= 0.6 is 0 Å². The summed E-state index contributed by atoms with van der Waals surface area (Å²) in [5.74, 6) is 0. The van der Waals surface area contributed by atoms with E-state index in [1.807, 2.05) is 6.92 Å². The number of rotatable bonds is 5. The number of nitrogens with zero attached hydrogens (tertiary/aromatic N) is 2. The van der Waals surface area contributed by atoms with Gasteiger partial charge in [0.15, 0.2) is 0 Å². The highest BCUT2D eigenvalue weighted by Crippen LogP contribution is 2.23. The van der Waals surface area contributed by atoms with E-state index in [0.717, 1.165) is 11.4 Å². The highest BCUT2D eigenvalue weighted by Gasteiger charge is 2.17. The van der Waals surface area contributed by atoms with Gasteiger partial charge in [-0.3, -0.25) is 4.68 Å². The highest BCUT2D eigenvalue weighted by molar-refractivity contribution is 5.53. The van der Waals surface area contributed by atoms with Crippen LogP contribution in [0.4, 0.5) is 5.69 Å². The first kappa shape index (κ1) is 14.0. The molecule has 0 saturated carbocycles. The third-order valence-electron chi connectivity index (χ3n) is 3.26. The van der Waals surface area contributed by atoms with Crippen LogP contribution in [0.3, 0.4) is 0 Å². The fourth-order valence-corrected chi connectivity index (χ4v) is 1.92. The van der Waals surface area contributed by atoms with Crippen LogP contribution < -0.4 is 5.32 Å². The summed E-state index contributed by atoms with van der Waals surface area (Å²) in [7, 11) is 1.74. The number of anilines is 1. The molecule has 0 bridgehead atoms. The van der Waals surface area contributed by atoms with Crippen LogP contribution in [-0.2, 0) is 4.74 Å². The maximum atomic E-state index is 5.33. The number of methoxy groups -OCH3 is 1. The van der Waals surface area contributed by atoms with Gasteiger partial charge in [-0.2, -0.15) is 5.10 Å². The molecule has 4 nitrogen and oxygen atoms in total. The maximum Gasteiger partial charge on any atom is 0.0828 e. The number of aryl methyl sites for hydroxylation is 1. The average Bonchev–Trinajstić information content (AvgIpc) is 2.55. The van der Waals surface area contributed by atoms with Gasteiger partial charge in [0.05, 0.1) is 23.2 Å². The van der Waals surface area contributed by atoms with Crippen molar-refractivity contribution in [2.75, 3.05) is 12.4 Å². The minimum absolute atomic E-state index is 0.177. The molecule has 0 aromatic carbocycles. The molecule has 0 saturated heterocycles. The van der Waals surface area contributed by atoms with Gasteiger partial charge in [-0.15, -0.1) is 0 Å². The zero-order valence-corrected chi connectivity index (χ0v) is 12.0. The van der Waals surface area contributed by atoms with Gasteiger partial charge in [-0.25, -0.2) is 0 Å². The summed E-state index contributed by atoms with van der Waals surface area (Å²) in [6, 6.07) is 0.654. The number of hydrogen-bond donors (Lipinski definition) is 1. The van der Waals surface area contributed by atoms with Gasteiger partial charge in [0.25, 0.3) is 0 Å². The Morgan fingerprint density at radius 2 is 1.76 bits per heavy atom. The Kier molecular flexibility index (Phi) is 4.57. The summed E-state index contributed by atoms with van der Waals surface area (Å²) >= 11 is 0. The maximum absolute atomic E-state index is 5.33. The Bertz CT molecular complexity index is 371. The monoisotopic (exact) mass is 239 g/mol. The molecule has 0 aliphatic heterocycles. The normalized spacial score (nSPS) is 15.1. The molecule has 0 radical (unpaired) electrons. The fourth-order valence-electron chi connectivity index (χ4n) is 1.92. The van der Waals surface area contributed by atoms with E-state index in [1.165, 1.54) is 5.69 Å². The molecular formula is C13H25N3O. The lowest BCUT2D eigenvalue weighted by Gasteiger charge is -2.21. The van der Waals surface area contributed by atoms with Crippen molar-refractivity contribution in [3.8, 4) is 0 Å². The smallest absolute Gasteiger partial charge is 0.0828 e. The van der Waals surface area contributed by atoms with Crippen molar-refractivity contribution in [2.24, 2.45) is 0 Å². The molecule has 2 atom stereocenters. The zero-order valence-electron chi connectivity index (χ0n) is 12.0. The Balaban J connectivity index is 2.92. The fraction of sp³-hybridized carbons (Fsp3) is 0.769. The number of hydrogen-bond acceptors (Lipinski definition) is 3. The molecule has 0 fully saturated rings. The molecule has 98 valence electrons. The molecule has 0 spiro atoms. The lowest BCUT2D eigenvalue weighted by atomic mass is 10.2. The second kappa shape index (κ2) is 5.54. The van der Waals surface area contributed by atoms with Crippen LogP contribution in [0.25, 0.3) is 0 Å². The van der Waals surface area contributed by atoms with E-state index in [4.69, 9.17) is 4.74 Å². The van der Waals surface area contributed by atoms with E-state index >= 15 is 0 Å². The molecule has 1 heterocycles. The molecule has 2 unspecified atom stereocenters. The van der Waals surface area contributed by atoms with Crippen molar-refractivity contribution in [1.29, 1.82) is 0 Å². The van der Waals surface area contributed by atoms with E-state index in [0.29, 0.717) is 6.04 Å². The number of ether oxygens (including phenoxy) is 1. The molecule has 1 rings (SSSR count). The molecule has 17 heavy (non-hydrogen) atoms. The van der Waals surface area contributed by atoms with Crippen LogP contribution in [0.2, 0.25) is 0 Å². The van der Waals surface area contributed by atoms with Gasteiger partial charge < -0.3 is 10.1 Å². The van der Waals surface area contributed by atoms with E-state index in [2.05, 4.69) is 49.7 Å². The third kappa shape index (κ3) is 3.00. The molecule has 0 aliphatic rings. The van der Waals surface area contributed by atoms with Gasteiger partial charge in [-0.1, -0.05) is 0 Å². The first-order valence-electron chi connectivity index (χ1n) is 6.23. The molecule has 1 aromatic rings. The summed E-state index contributed by atoms with van der Waals surface area (Å²) in [5.41, 5.74) is 3.37. The third-order valence-corrected chi connectivity index (χ3v) is 3.26. The highest BCUT2D eigenvalue weighted by atomic mass is 16.5. The summed E-state index contributed by atoms with van der Waals surface area (Å²) in [6.07, 6.45) is 0.177. The number of aromatic nitrogens is 2. The van der Waals surface area contributed by atoms with E-state index in [1.54, 1.807) is 7.11 Å². The van der Waals surface area contributed by atoms with Gasteiger partial charge >= 0.3 is 0 Å². The Morgan fingerprint density at radius 1 is 1.18 bits per heavy atom. The number of nitrogens with one attached hydrogen (secondary N) is 1. The van der Waals surface area contributed by atoms with Crippen LogP contribution in [0.15, 0.2) is 0 Å². The summed E-state index contributed by atoms with van der Waals surface area (Å²) in [6.45, 7) is 12.6. The SMILES string of the molecule is COC(C)C(C)Nc1c(C)nn(C(C)C)c1C. The predicted molar refractivity (Wildman–Crippen MR) is 71.6 cm³/mol. The summed E-state index contributed by atoms with van der Waals surface area (Å²) in [4.78, 5) is 0. The van der Waals surface area contributed by atoms with Gasteiger partial charge in [-0.05, 0) is 41.5 Å². The quantitative estimate of drug-likeness (QED) is 0.858. The predicted octanol–water partition coefficient (Wildman–Crippen LogP) is 2.92. The van der Waals surface area contributed by atoms with Crippen molar-refractivity contribution in [3.05, 3.63) is 11.4 Å². The van der Waals surface area contributed by atoms with Crippen molar-refractivity contribution in [1.82, 2.24) is 9.78 Å². The van der Waals surface area contributed by atoms with Crippen molar-refractivity contribution < 1.29 is 4.74 Å². The van der Waals surface area contributed by atoms with Gasteiger partial charge in [0.1, 0.15) is 0 Å². The molecular weight excluding hydrogens is 214 g/mol. The van der Waals surface area contributed by atoms with Crippen molar-refractivity contribution in [2.45, 2.75) is 59.7 Å². The first-order chi connectivity index (χ1) is 7.88. The van der Waals surface area contributed by atoms with Gasteiger partial charge in [0.2, 0.25) is 0 Å². The largest absolute Gasteiger partial charge is 0.380 e. The second-order valence-electron chi connectivity index (χ2n) is 4.96. The molecule has 0 amide bonds. The van der Waals surface area contributed by atoms with Crippen LogP contribution in [0.1, 0.15) is 45.1 Å². The van der Waals surface area contributed by atoms with Crippen LogP contribution in [0, 0.1) is 13.8 Å². The molecule has 1 N–H and O–H groups in total. The standard InChI is InChI=1S/C13H25N3O/c1-8(2)16-11(5)13(10(4)15-16)14-9(3)12(6)17-7/h8-9,12,14H,1-7H3. The van der Waals surface area contributed by atoms with Crippen molar-refractivity contribution in [3.63, 3.8) is 0 Å². The van der Waals surface area contributed by atoms with Crippen LogP contribution in [-0.4, -0.2) is 29.0 Å². The van der Waals surface area contributed by atoms with Crippen LogP contribution in [0.5, 0.6) is 0 Å². The van der Waals surface area contributed by atoms with Crippen molar-refractivity contribution >= 4 is 5.69 Å². The lowest BCUT2D eigenvalue weighted by molar-refractivity contribution is 0.106. The Labute approximate surface area is 104 Å². The minimum Gasteiger partial charge on any atom is -0.380 e. The van der Waals surface area contributed by atoms with E-state index in [-0.39, 0.29) is 12.1 Å². The lowest BCUT2D eigenvalue weighted by Crippen LogP contribution is -2.30. The Morgan fingerprint density at radius 3 is 2.18 bits per heavy atom. The minimum atomic E-state index is 0.177. The summed E-state index contributed by atoms with van der Waals surface area (Å²) < 4.78 is 7.39. The Hall–Kier alpha value is -1.03. The second-order valence-corrected chi connectivity index (χ2v) is 4.96. The molecule has 0 aliphatic carbocycles. The topological polar surface area (TPSA) is 39.1 Å². The van der Waals surface area contributed by atoms with Gasteiger partial charge in [0, 0.05) is 19.2 Å². The first-order valence-corrected chi connectivity index (χ1v) is 6.23. The van der Waals surface area contributed by atoms with E-state index < -0.39 is 0 Å². The van der Waals surface area contributed by atoms with E-state index in [9.17, 15) is 0 Å².